The standard InChI is InChI=1S/C13H25N/c1-3-4-11(2)9-14-10-13(7-8-13)12-5-6-12/h11-12,14H,3-10H2,1-2H3. The molecule has 0 aliphatic heterocycles. The second kappa shape index (κ2) is 4.22. The molecule has 0 aromatic heterocycles. The highest BCUT2D eigenvalue weighted by Gasteiger charge is 2.53. The molecule has 0 heterocycles. The Morgan fingerprint density at radius 1 is 1.36 bits per heavy atom. The van der Waals surface area contributed by atoms with E-state index in [0.717, 1.165) is 17.3 Å². The van der Waals surface area contributed by atoms with Gasteiger partial charge in [0.1, 0.15) is 0 Å². The van der Waals surface area contributed by atoms with E-state index in [-0.39, 0.29) is 0 Å². The fourth-order valence-electron chi connectivity index (χ4n) is 2.75. The summed E-state index contributed by atoms with van der Waals surface area (Å²) in [6, 6.07) is 0. The molecule has 0 spiro atoms. The van der Waals surface area contributed by atoms with Crippen molar-refractivity contribution in [2.24, 2.45) is 17.3 Å². The second-order valence-corrected chi connectivity index (χ2v) is 5.66. The third-order valence-corrected chi connectivity index (χ3v) is 4.09. The molecule has 0 aromatic rings. The van der Waals surface area contributed by atoms with Gasteiger partial charge in [-0.15, -0.1) is 0 Å². The SMILES string of the molecule is CCCC(C)CNCC1(C2CC2)CC1. The van der Waals surface area contributed by atoms with Crippen LogP contribution in [0, 0.1) is 17.3 Å². The van der Waals surface area contributed by atoms with Gasteiger partial charge in [0.15, 0.2) is 0 Å². The van der Waals surface area contributed by atoms with Crippen LogP contribution < -0.4 is 5.32 Å². The first-order valence-electron chi connectivity index (χ1n) is 6.47. The van der Waals surface area contributed by atoms with Crippen LogP contribution in [0.1, 0.15) is 52.4 Å². The third kappa shape index (κ3) is 2.50. The first kappa shape index (κ1) is 10.5. The van der Waals surface area contributed by atoms with Crippen molar-refractivity contribution in [3.05, 3.63) is 0 Å². The number of nitrogens with one attached hydrogen (secondary N) is 1. The van der Waals surface area contributed by atoms with Gasteiger partial charge < -0.3 is 5.32 Å². The Morgan fingerprint density at radius 2 is 2.07 bits per heavy atom. The Kier molecular flexibility index (Phi) is 3.16. The third-order valence-electron chi connectivity index (χ3n) is 4.09. The minimum Gasteiger partial charge on any atom is -0.316 e. The van der Waals surface area contributed by atoms with Gasteiger partial charge in [0.25, 0.3) is 0 Å². The van der Waals surface area contributed by atoms with Gasteiger partial charge in [-0.1, -0.05) is 20.3 Å². The summed E-state index contributed by atoms with van der Waals surface area (Å²) in [5.41, 5.74) is 0.784. The predicted molar refractivity (Wildman–Crippen MR) is 61.3 cm³/mol. The fourth-order valence-corrected chi connectivity index (χ4v) is 2.75. The van der Waals surface area contributed by atoms with Gasteiger partial charge in [0.2, 0.25) is 0 Å². The topological polar surface area (TPSA) is 12.0 Å². The molecule has 1 N–H and O–H groups in total. The monoisotopic (exact) mass is 195 g/mol. The molecule has 2 fully saturated rings. The van der Waals surface area contributed by atoms with Crippen LogP contribution in [-0.4, -0.2) is 13.1 Å². The van der Waals surface area contributed by atoms with E-state index in [0.29, 0.717) is 0 Å². The van der Waals surface area contributed by atoms with Crippen molar-refractivity contribution in [3.8, 4) is 0 Å². The molecule has 1 atom stereocenters. The van der Waals surface area contributed by atoms with E-state index < -0.39 is 0 Å². The maximum absolute atomic E-state index is 3.69. The van der Waals surface area contributed by atoms with Crippen molar-refractivity contribution < 1.29 is 0 Å². The van der Waals surface area contributed by atoms with Crippen LogP contribution >= 0.6 is 0 Å². The molecule has 2 rings (SSSR count). The quantitative estimate of drug-likeness (QED) is 0.658. The largest absolute Gasteiger partial charge is 0.316 e. The van der Waals surface area contributed by atoms with Crippen LogP contribution in [0.25, 0.3) is 0 Å². The Hall–Kier alpha value is -0.0400. The van der Waals surface area contributed by atoms with Crippen molar-refractivity contribution in [3.63, 3.8) is 0 Å². The summed E-state index contributed by atoms with van der Waals surface area (Å²) in [6.07, 6.45) is 8.76. The lowest BCUT2D eigenvalue weighted by Gasteiger charge is -2.17. The number of hydrogen-bond acceptors (Lipinski definition) is 1. The van der Waals surface area contributed by atoms with Gasteiger partial charge in [-0.25, -0.2) is 0 Å². The summed E-state index contributed by atoms with van der Waals surface area (Å²) >= 11 is 0. The van der Waals surface area contributed by atoms with E-state index in [1.165, 1.54) is 51.6 Å². The summed E-state index contributed by atoms with van der Waals surface area (Å²) in [5, 5.41) is 3.69. The molecule has 1 unspecified atom stereocenters. The van der Waals surface area contributed by atoms with Crippen molar-refractivity contribution in [2.75, 3.05) is 13.1 Å². The first-order chi connectivity index (χ1) is 6.77. The normalized spacial score (nSPS) is 26.1. The second-order valence-electron chi connectivity index (χ2n) is 5.66. The molecule has 0 saturated heterocycles. The lowest BCUT2D eigenvalue weighted by atomic mass is 10.00. The van der Waals surface area contributed by atoms with Crippen LogP contribution in [0.15, 0.2) is 0 Å². The summed E-state index contributed by atoms with van der Waals surface area (Å²) < 4.78 is 0. The highest BCUT2D eigenvalue weighted by atomic mass is 14.9. The smallest absolute Gasteiger partial charge is 0.00106 e. The Bertz CT molecular complexity index is 180. The van der Waals surface area contributed by atoms with Gasteiger partial charge in [0.05, 0.1) is 0 Å². The number of rotatable bonds is 7. The molecule has 0 aromatic carbocycles. The van der Waals surface area contributed by atoms with Gasteiger partial charge >= 0.3 is 0 Å². The lowest BCUT2D eigenvalue weighted by molar-refractivity contribution is 0.377. The number of hydrogen-bond donors (Lipinski definition) is 1. The zero-order chi connectivity index (χ0) is 10.0. The summed E-state index contributed by atoms with van der Waals surface area (Å²) in [5.74, 6) is 1.98. The van der Waals surface area contributed by atoms with E-state index in [1.54, 1.807) is 0 Å². The molecule has 1 heteroatoms. The molecular weight excluding hydrogens is 170 g/mol. The van der Waals surface area contributed by atoms with Crippen molar-refractivity contribution in [1.82, 2.24) is 5.32 Å². The fraction of sp³-hybridized carbons (Fsp3) is 1.00. The maximum Gasteiger partial charge on any atom is 0.00106 e. The lowest BCUT2D eigenvalue weighted by Crippen LogP contribution is -2.29. The molecule has 0 radical (unpaired) electrons. The van der Waals surface area contributed by atoms with Crippen LogP contribution in [0.5, 0.6) is 0 Å². The van der Waals surface area contributed by atoms with E-state index in [1.807, 2.05) is 0 Å². The minimum atomic E-state index is 0.784. The Morgan fingerprint density at radius 3 is 2.57 bits per heavy atom. The van der Waals surface area contributed by atoms with Crippen LogP contribution in [-0.2, 0) is 0 Å². The van der Waals surface area contributed by atoms with Crippen molar-refractivity contribution in [2.45, 2.75) is 52.4 Å². The molecule has 2 aliphatic carbocycles. The highest BCUT2D eigenvalue weighted by molar-refractivity contribution is 5.04. The molecular formula is C13H25N. The highest BCUT2D eigenvalue weighted by Crippen LogP contribution is 2.60. The van der Waals surface area contributed by atoms with Crippen LogP contribution in [0.4, 0.5) is 0 Å². The van der Waals surface area contributed by atoms with Gasteiger partial charge in [-0.2, -0.15) is 0 Å². The van der Waals surface area contributed by atoms with Gasteiger partial charge in [0, 0.05) is 6.54 Å². The van der Waals surface area contributed by atoms with E-state index >= 15 is 0 Å². The van der Waals surface area contributed by atoms with Crippen LogP contribution in [0.3, 0.4) is 0 Å². The van der Waals surface area contributed by atoms with E-state index in [2.05, 4.69) is 19.2 Å². The van der Waals surface area contributed by atoms with Gasteiger partial charge in [-0.3, -0.25) is 0 Å². The molecule has 82 valence electrons. The van der Waals surface area contributed by atoms with Crippen LogP contribution in [0.2, 0.25) is 0 Å². The van der Waals surface area contributed by atoms with E-state index in [9.17, 15) is 0 Å². The molecule has 14 heavy (non-hydrogen) atoms. The summed E-state index contributed by atoms with van der Waals surface area (Å²) in [7, 11) is 0. The average molecular weight is 195 g/mol. The predicted octanol–water partition coefficient (Wildman–Crippen LogP) is 3.20. The van der Waals surface area contributed by atoms with Gasteiger partial charge in [-0.05, 0) is 55.9 Å². The summed E-state index contributed by atoms with van der Waals surface area (Å²) in [6.45, 7) is 7.20. The minimum absolute atomic E-state index is 0.784. The zero-order valence-electron chi connectivity index (χ0n) is 9.81. The molecule has 2 saturated carbocycles. The van der Waals surface area contributed by atoms with E-state index in [4.69, 9.17) is 0 Å². The molecule has 1 nitrogen and oxygen atoms in total. The first-order valence-corrected chi connectivity index (χ1v) is 6.47. The van der Waals surface area contributed by atoms with Crippen molar-refractivity contribution in [1.29, 1.82) is 0 Å². The molecule has 2 aliphatic rings. The Labute approximate surface area is 88.7 Å². The Balaban J connectivity index is 1.58. The van der Waals surface area contributed by atoms with Crippen molar-refractivity contribution >= 4 is 0 Å². The molecule has 0 bridgehead atoms. The summed E-state index contributed by atoms with van der Waals surface area (Å²) in [4.78, 5) is 0. The average Bonchev–Trinajstić information content (AvgIpc) is 3.00. The maximum atomic E-state index is 3.69. The molecule has 0 amide bonds. The zero-order valence-corrected chi connectivity index (χ0v) is 9.81.